The first-order valence-electron chi connectivity index (χ1n) is 4.46. The molecule has 1 aliphatic rings. The van der Waals surface area contributed by atoms with Crippen molar-refractivity contribution < 1.29 is 4.74 Å². The van der Waals surface area contributed by atoms with E-state index in [2.05, 4.69) is 26.1 Å². The van der Waals surface area contributed by atoms with E-state index >= 15 is 0 Å². The first kappa shape index (κ1) is 10.4. The molecule has 2 unspecified atom stereocenters. The van der Waals surface area contributed by atoms with E-state index < -0.39 is 0 Å². The van der Waals surface area contributed by atoms with Gasteiger partial charge in [-0.1, -0.05) is 0 Å². The molecule has 3 heteroatoms. The van der Waals surface area contributed by atoms with Gasteiger partial charge in [-0.05, 0) is 20.8 Å². The summed E-state index contributed by atoms with van der Waals surface area (Å²) in [5.74, 6) is 1.23. The van der Waals surface area contributed by atoms with Gasteiger partial charge in [0.15, 0.2) is 0 Å². The van der Waals surface area contributed by atoms with E-state index in [0.717, 1.165) is 6.42 Å². The van der Waals surface area contributed by atoms with Crippen LogP contribution < -0.4 is 5.32 Å². The molecule has 1 aliphatic heterocycles. The second kappa shape index (κ2) is 3.99. The predicted molar refractivity (Wildman–Crippen MR) is 54.5 cm³/mol. The fourth-order valence-electron chi connectivity index (χ4n) is 1.32. The molecule has 72 valence electrons. The van der Waals surface area contributed by atoms with Gasteiger partial charge < -0.3 is 10.1 Å². The van der Waals surface area contributed by atoms with Crippen LogP contribution in [0.4, 0.5) is 0 Å². The van der Waals surface area contributed by atoms with Crippen molar-refractivity contribution >= 4 is 11.8 Å². The van der Waals surface area contributed by atoms with Gasteiger partial charge in [-0.3, -0.25) is 0 Å². The Bertz CT molecular complexity index is 149. The maximum atomic E-state index is 5.38. The topological polar surface area (TPSA) is 21.3 Å². The summed E-state index contributed by atoms with van der Waals surface area (Å²) in [5, 5.41) is 4.11. The molecule has 0 aromatic rings. The van der Waals surface area contributed by atoms with E-state index in [1.807, 2.05) is 11.8 Å². The van der Waals surface area contributed by atoms with Gasteiger partial charge in [-0.2, -0.15) is 0 Å². The zero-order chi connectivity index (χ0) is 9.19. The Labute approximate surface area is 79.4 Å². The molecule has 1 rings (SSSR count). The van der Waals surface area contributed by atoms with Crippen molar-refractivity contribution in [2.75, 3.05) is 12.9 Å². The smallest absolute Gasteiger partial charge is 0.0645 e. The van der Waals surface area contributed by atoms with Gasteiger partial charge in [0.1, 0.15) is 0 Å². The molecule has 0 saturated carbocycles. The summed E-state index contributed by atoms with van der Waals surface area (Å²) >= 11 is 2.00. The van der Waals surface area contributed by atoms with E-state index in [1.165, 1.54) is 5.75 Å². The van der Waals surface area contributed by atoms with Crippen molar-refractivity contribution in [2.24, 2.45) is 0 Å². The van der Waals surface area contributed by atoms with E-state index in [0.29, 0.717) is 11.4 Å². The highest BCUT2D eigenvalue weighted by molar-refractivity contribution is 8.00. The second-order valence-corrected chi connectivity index (χ2v) is 5.29. The number of rotatable bonds is 3. The molecule has 2 nitrogen and oxygen atoms in total. The first-order valence-corrected chi connectivity index (χ1v) is 5.51. The summed E-state index contributed by atoms with van der Waals surface area (Å²) < 4.78 is 5.38. The molecule has 1 fully saturated rings. The fourth-order valence-corrected chi connectivity index (χ4v) is 2.79. The lowest BCUT2D eigenvalue weighted by Crippen LogP contribution is -2.35. The third kappa shape index (κ3) is 2.96. The zero-order valence-electron chi connectivity index (χ0n) is 8.39. The van der Waals surface area contributed by atoms with Crippen molar-refractivity contribution in [1.29, 1.82) is 0 Å². The molecule has 0 bridgehead atoms. The Morgan fingerprint density at radius 2 is 2.25 bits per heavy atom. The molecule has 2 atom stereocenters. The highest BCUT2D eigenvalue weighted by Gasteiger charge is 2.27. The summed E-state index contributed by atoms with van der Waals surface area (Å²) in [6.07, 6.45) is 1.08. The Kier molecular flexibility index (Phi) is 3.44. The number of hydrogen-bond donors (Lipinski definition) is 1. The minimum atomic E-state index is 0.00866. The van der Waals surface area contributed by atoms with Gasteiger partial charge in [0, 0.05) is 25.3 Å². The highest BCUT2D eigenvalue weighted by Crippen LogP contribution is 2.27. The number of hydrogen-bond acceptors (Lipinski definition) is 3. The number of thioether (sulfide) groups is 1. The molecule has 1 N–H and O–H groups in total. The predicted octanol–water partition coefficient (Wildman–Crippen LogP) is 1.85. The summed E-state index contributed by atoms with van der Waals surface area (Å²) in [7, 11) is 1.78. The molecule has 12 heavy (non-hydrogen) atoms. The minimum absolute atomic E-state index is 0.00866. The van der Waals surface area contributed by atoms with Crippen LogP contribution >= 0.6 is 11.8 Å². The van der Waals surface area contributed by atoms with Crippen LogP contribution in [0.15, 0.2) is 0 Å². The summed E-state index contributed by atoms with van der Waals surface area (Å²) in [5.41, 5.74) is 0.00866. The van der Waals surface area contributed by atoms with Crippen LogP contribution in [0.1, 0.15) is 27.2 Å². The quantitative estimate of drug-likeness (QED) is 0.732. The third-order valence-electron chi connectivity index (χ3n) is 2.25. The van der Waals surface area contributed by atoms with Gasteiger partial charge in [0.05, 0.1) is 11.0 Å². The van der Waals surface area contributed by atoms with Crippen molar-refractivity contribution in [1.82, 2.24) is 5.32 Å². The molecule has 0 radical (unpaired) electrons. The Morgan fingerprint density at radius 3 is 2.67 bits per heavy atom. The molecular formula is C9H19NOS. The maximum absolute atomic E-state index is 5.38. The Balaban J connectivity index is 2.32. The van der Waals surface area contributed by atoms with Gasteiger partial charge in [0.25, 0.3) is 0 Å². The van der Waals surface area contributed by atoms with Crippen LogP contribution in [-0.2, 0) is 4.74 Å². The average Bonchev–Trinajstić information content (AvgIpc) is 2.35. The SMILES string of the molecule is COC(C)(C)CC1NC(C)CS1. The lowest BCUT2D eigenvalue weighted by atomic mass is 10.1. The van der Waals surface area contributed by atoms with E-state index in [-0.39, 0.29) is 5.60 Å². The van der Waals surface area contributed by atoms with Crippen LogP contribution in [0.2, 0.25) is 0 Å². The summed E-state index contributed by atoms with van der Waals surface area (Å²) in [6, 6.07) is 0.660. The van der Waals surface area contributed by atoms with Crippen LogP contribution in [-0.4, -0.2) is 29.9 Å². The van der Waals surface area contributed by atoms with Crippen LogP contribution in [0.25, 0.3) is 0 Å². The minimum Gasteiger partial charge on any atom is -0.379 e. The van der Waals surface area contributed by atoms with Crippen LogP contribution in [0.5, 0.6) is 0 Å². The van der Waals surface area contributed by atoms with E-state index in [9.17, 15) is 0 Å². The summed E-state index contributed by atoms with van der Waals surface area (Å²) in [6.45, 7) is 6.50. The lowest BCUT2D eigenvalue weighted by molar-refractivity contribution is 0.0136. The van der Waals surface area contributed by atoms with E-state index in [4.69, 9.17) is 4.74 Å². The van der Waals surface area contributed by atoms with Gasteiger partial charge in [-0.15, -0.1) is 11.8 Å². The molecular weight excluding hydrogens is 170 g/mol. The molecule has 0 aromatic heterocycles. The zero-order valence-corrected chi connectivity index (χ0v) is 9.20. The molecule has 1 heterocycles. The molecule has 1 saturated heterocycles. The fraction of sp³-hybridized carbons (Fsp3) is 1.00. The van der Waals surface area contributed by atoms with Crippen molar-refractivity contribution in [2.45, 2.75) is 44.2 Å². The molecule has 0 aromatic carbocycles. The number of methoxy groups -OCH3 is 1. The summed E-state index contributed by atoms with van der Waals surface area (Å²) in [4.78, 5) is 0. The van der Waals surface area contributed by atoms with Crippen LogP contribution in [0, 0.1) is 0 Å². The first-order chi connectivity index (χ1) is 5.53. The largest absolute Gasteiger partial charge is 0.379 e. The molecule has 0 amide bonds. The van der Waals surface area contributed by atoms with Crippen molar-refractivity contribution in [3.05, 3.63) is 0 Å². The third-order valence-corrected chi connectivity index (χ3v) is 3.64. The van der Waals surface area contributed by atoms with E-state index in [1.54, 1.807) is 7.11 Å². The molecule has 0 spiro atoms. The lowest BCUT2D eigenvalue weighted by Gasteiger charge is -2.26. The maximum Gasteiger partial charge on any atom is 0.0645 e. The Hall–Kier alpha value is 0.270. The van der Waals surface area contributed by atoms with Crippen molar-refractivity contribution in [3.8, 4) is 0 Å². The number of nitrogens with one attached hydrogen (secondary N) is 1. The van der Waals surface area contributed by atoms with Gasteiger partial charge >= 0.3 is 0 Å². The average molecular weight is 189 g/mol. The highest BCUT2D eigenvalue weighted by atomic mass is 32.2. The normalized spacial score (nSPS) is 31.0. The van der Waals surface area contributed by atoms with Gasteiger partial charge in [0.2, 0.25) is 0 Å². The van der Waals surface area contributed by atoms with Crippen LogP contribution in [0.3, 0.4) is 0 Å². The second-order valence-electron chi connectivity index (χ2n) is 4.06. The van der Waals surface area contributed by atoms with Gasteiger partial charge in [-0.25, -0.2) is 0 Å². The monoisotopic (exact) mass is 189 g/mol. The molecule has 0 aliphatic carbocycles. The standard InChI is InChI=1S/C9H19NOS/c1-7-6-12-8(10-7)5-9(2,3)11-4/h7-8,10H,5-6H2,1-4H3. The van der Waals surface area contributed by atoms with Crippen molar-refractivity contribution in [3.63, 3.8) is 0 Å². The number of ether oxygens (including phenoxy) is 1. The Morgan fingerprint density at radius 1 is 1.58 bits per heavy atom.